The van der Waals surface area contributed by atoms with Gasteiger partial charge in [0.2, 0.25) is 0 Å². The van der Waals surface area contributed by atoms with Crippen LogP contribution in [0, 0.1) is 0 Å². The van der Waals surface area contributed by atoms with Crippen LogP contribution in [0.5, 0.6) is 0 Å². The number of para-hydroxylation sites is 2. The molecule has 0 bridgehead atoms. The smallest absolute Gasteiger partial charge is 0.0541 e. The second kappa shape index (κ2) is 11.8. The van der Waals surface area contributed by atoms with Crippen molar-refractivity contribution in [2.75, 3.05) is 0 Å². The molecule has 0 spiro atoms. The Morgan fingerprint density at radius 3 is 1.38 bits per heavy atom. The summed E-state index contributed by atoms with van der Waals surface area (Å²) in [5.74, 6) is 0. The number of fused-ring (bicyclic) bond motifs is 10. The van der Waals surface area contributed by atoms with Crippen LogP contribution < -0.4 is 0 Å². The van der Waals surface area contributed by atoms with Gasteiger partial charge < -0.3 is 4.57 Å². The standard InChI is InChI=1S/C52H33N/c1-3-13-34(14-4-1)37-25-29-42-46(31-37)47-32-38(35-15-5-2-6-16-35)26-30-45(47)52-48(42)33-39-17-7-8-18-41(39)51(52)36-23-27-40(28-24-36)53-49-21-11-9-19-43(49)44-20-10-12-22-50(44)53/h1-33H. The zero-order valence-electron chi connectivity index (χ0n) is 29.0. The van der Waals surface area contributed by atoms with E-state index in [1.165, 1.54) is 98.3 Å². The maximum atomic E-state index is 2.41. The quantitative estimate of drug-likeness (QED) is 0.130. The number of rotatable bonds is 4. The molecule has 10 aromatic carbocycles. The molecule has 1 aromatic heterocycles. The van der Waals surface area contributed by atoms with E-state index in [9.17, 15) is 0 Å². The molecule has 0 unspecified atom stereocenters. The lowest BCUT2D eigenvalue weighted by atomic mass is 9.85. The molecule has 0 aliphatic heterocycles. The maximum absolute atomic E-state index is 2.41. The van der Waals surface area contributed by atoms with Crippen LogP contribution in [0.25, 0.3) is 104 Å². The van der Waals surface area contributed by atoms with Crippen molar-refractivity contribution < 1.29 is 0 Å². The topological polar surface area (TPSA) is 4.93 Å². The minimum Gasteiger partial charge on any atom is -0.309 e. The molecule has 0 aliphatic carbocycles. The third kappa shape index (κ3) is 4.64. The lowest BCUT2D eigenvalue weighted by Gasteiger charge is -2.19. The first-order chi connectivity index (χ1) is 26.3. The predicted octanol–water partition coefficient (Wildman–Crippen LogP) is 14.4. The van der Waals surface area contributed by atoms with E-state index in [2.05, 4.69) is 205 Å². The maximum Gasteiger partial charge on any atom is 0.0541 e. The minimum atomic E-state index is 1.16. The SMILES string of the molecule is c1ccc(-c2ccc3c(c2)c2cc(-c4ccccc4)ccc2c2c(-c4ccc(-n5c6ccccc6c6ccccc65)cc4)c4ccccc4cc32)cc1. The Bertz CT molecular complexity index is 3140. The van der Waals surface area contributed by atoms with E-state index in [1.54, 1.807) is 0 Å². The van der Waals surface area contributed by atoms with E-state index in [0.29, 0.717) is 0 Å². The van der Waals surface area contributed by atoms with Gasteiger partial charge in [0.05, 0.1) is 11.0 Å². The summed E-state index contributed by atoms with van der Waals surface area (Å²) >= 11 is 0. The van der Waals surface area contributed by atoms with E-state index in [-0.39, 0.29) is 0 Å². The fraction of sp³-hybridized carbons (Fsp3) is 0. The Labute approximate surface area is 307 Å². The van der Waals surface area contributed by atoms with Crippen molar-refractivity contribution >= 4 is 64.9 Å². The Morgan fingerprint density at radius 1 is 0.264 bits per heavy atom. The minimum absolute atomic E-state index is 1.16. The van der Waals surface area contributed by atoms with Gasteiger partial charge in [0.1, 0.15) is 0 Å². The molecule has 0 fully saturated rings. The van der Waals surface area contributed by atoms with Crippen LogP contribution in [0.15, 0.2) is 200 Å². The number of benzene rings is 10. The van der Waals surface area contributed by atoms with Gasteiger partial charge in [0, 0.05) is 16.5 Å². The molecule has 1 heteroatoms. The number of aromatic nitrogens is 1. The highest BCUT2D eigenvalue weighted by Gasteiger charge is 2.19. The van der Waals surface area contributed by atoms with Crippen LogP contribution in [-0.2, 0) is 0 Å². The Morgan fingerprint density at radius 2 is 0.755 bits per heavy atom. The highest BCUT2D eigenvalue weighted by molar-refractivity contribution is 6.32. The average Bonchev–Trinajstić information content (AvgIpc) is 3.58. The lowest BCUT2D eigenvalue weighted by Crippen LogP contribution is -1.94. The summed E-state index contributed by atoms with van der Waals surface area (Å²) < 4.78 is 2.40. The summed E-state index contributed by atoms with van der Waals surface area (Å²) in [7, 11) is 0. The Balaban J connectivity index is 1.21. The largest absolute Gasteiger partial charge is 0.309 e. The molecule has 0 amide bonds. The van der Waals surface area contributed by atoms with Crippen LogP contribution in [0.4, 0.5) is 0 Å². The molecular formula is C52H33N. The van der Waals surface area contributed by atoms with Gasteiger partial charge in [-0.3, -0.25) is 0 Å². The molecular weight excluding hydrogens is 639 g/mol. The third-order valence-electron chi connectivity index (χ3n) is 11.1. The summed E-state index contributed by atoms with van der Waals surface area (Å²) in [6.07, 6.45) is 0. The van der Waals surface area contributed by atoms with Crippen molar-refractivity contribution in [2.45, 2.75) is 0 Å². The third-order valence-corrected chi connectivity index (χ3v) is 11.1. The molecule has 1 heterocycles. The van der Waals surface area contributed by atoms with Gasteiger partial charge in [-0.1, -0.05) is 158 Å². The number of hydrogen-bond donors (Lipinski definition) is 0. The predicted molar refractivity (Wildman–Crippen MR) is 227 cm³/mol. The Kier molecular flexibility index (Phi) is 6.62. The summed E-state index contributed by atoms with van der Waals surface area (Å²) in [5.41, 5.74) is 11.0. The summed E-state index contributed by atoms with van der Waals surface area (Å²) in [5, 5.41) is 12.7. The van der Waals surface area contributed by atoms with Crippen LogP contribution in [0.2, 0.25) is 0 Å². The molecule has 0 saturated carbocycles. The highest BCUT2D eigenvalue weighted by atomic mass is 15.0. The van der Waals surface area contributed by atoms with Crippen molar-refractivity contribution in [3.63, 3.8) is 0 Å². The van der Waals surface area contributed by atoms with E-state index in [0.717, 1.165) is 5.69 Å². The lowest BCUT2D eigenvalue weighted by molar-refractivity contribution is 1.18. The molecule has 53 heavy (non-hydrogen) atoms. The zero-order chi connectivity index (χ0) is 34.9. The average molecular weight is 672 g/mol. The monoisotopic (exact) mass is 671 g/mol. The second-order valence-corrected chi connectivity index (χ2v) is 14.1. The van der Waals surface area contributed by atoms with Crippen molar-refractivity contribution in [1.82, 2.24) is 4.57 Å². The van der Waals surface area contributed by atoms with Crippen LogP contribution in [0.3, 0.4) is 0 Å². The van der Waals surface area contributed by atoms with Gasteiger partial charge in [-0.25, -0.2) is 0 Å². The van der Waals surface area contributed by atoms with Crippen LogP contribution >= 0.6 is 0 Å². The van der Waals surface area contributed by atoms with Gasteiger partial charge in [-0.2, -0.15) is 0 Å². The van der Waals surface area contributed by atoms with Gasteiger partial charge in [-0.05, 0) is 119 Å². The molecule has 0 aliphatic rings. The van der Waals surface area contributed by atoms with Gasteiger partial charge >= 0.3 is 0 Å². The first-order valence-electron chi connectivity index (χ1n) is 18.3. The van der Waals surface area contributed by atoms with Crippen molar-refractivity contribution in [3.05, 3.63) is 200 Å². The van der Waals surface area contributed by atoms with Crippen molar-refractivity contribution in [1.29, 1.82) is 0 Å². The summed E-state index contributed by atoms with van der Waals surface area (Å²) in [4.78, 5) is 0. The normalized spacial score (nSPS) is 11.8. The molecule has 246 valence electrons. The fourth-order valence-electron chi connectivity index (χ4n) is 8.72. The number of hydrogen-bond acceptors (Lipinski definition) is 0. The number of nitrogens with zero attached hydrogens (tertiary/aromatic N) is 1. The fourth-order valence-corrected chi connectivity index (χ4v) is 8.72. The first kappa shape index (κ1) is 29.7. The van der Waals surface area contributed by atoms with Crippen molar-refractivity contribution in [2.24, 2.45) is 0 Å². The Hall–Kier alpha value is -6.96. The molecule has 11 aromatic rings. The van der Waals surface area contributed by atoms with E-state index in [4.69, 9.17) is 0 Å². The molecule has 0 radical (unpaired) electrons. The van der Waals surface area contributed by atoms with Crippen LogP contribution in [0.1, 0.15) is 0 Å². The molecule has 0 saturated heterocycles. The highest BCUT2D eigenvalue weighted by Crippen LogP contribution is 2.46. The zero-order valence-corrected chi connectivity index (χ0v) is 29.0. The second-order valence-electron chi connectivity index (χ2n) is 14.1. The van der Waals surface area contributed by atoms with Gasteiger partial charge in [0.25, 0.3) is 0 Å². The first-order valence-corrected chi connectivity index (χ1v) is 18.3. The van der Waals surface area contributed by atoms with Crippen molar-refractivity contribution in [3.8, 4) is 39.1 Å². The van der Waals surface area contributed by atoms with E-state index in [1.807, 2.05) is 0 Å². The van der Waals surface area contributed by atoms with Crippen LogP contribution in [-0.4, -0.2) is 4.57 Å². The van der Waals surface area contributed by atoms with Gasteiger partial charge in [-0.15, -0.1) is 0 Å². The molecule has 0 atom stereocenters. The molecule has 11 rings (SSSR count). The summed E-state index contributed by atoms with van der Waals surface area (Å²) in [6, 6.07) is 73.6. The summed E-state index contributed by atoms with van der Waals surface area (Å²) in [6.45, 7) is 0. The van der Waals surface area contributed by atoms with E-state index < -0.39 is 0 Å². The molecule has 1 nitrogen and oxygen atoms in total. The molecule has 0 N–H and O–H groups in total. The van der Waals surface area contributed by atoms with E-state index >= 15 is 0 Å². The van der Waals surface area contributed by atoms with Gasteiger partial charge in [0.15, 0.2) is 0 Å².